The Bertz CT molecular complexity index is 352. The third kappa shape index (κ3) is 3.54. The van der Waals surface area contributed by atoms with Crippen LogP contribution in [-0.2, 0) is 4.79 Å². The fourth-order valence-corrected chi connectivity index (χ4v) is 1.14. The molecule has 80 valence electrons. The zero-order valence-corrected chi connectivity index (χ0v) is 8.95. The van der Waals surface area contributed by atoms with Gasteiger partial charge in [-0.1, -0.05) is 6.92 Å². The van der Waals surface area contributed by atoms with E-state index in [9.17, 15) is 9.59 Å². The normalized spacial score (nSPS) is 9.73. The van der Waals surface area contributed by atoms with Crippen LogP contribution in [0, 0.1) is 0 Å². The standard InChI is InChI=1S/C12H14O3/c1-3-4-12(14)15-11-7-5-10(6-8-11)9(2)13/h5-8H,3-4H2,1-2H3. The van der Waals surface area contributed by atoms with Gasteiger partial charge in [-0.15, -0.1) is 0 Å². The maximum Gasteiger partial charge on any atom is 0.311 e. The molecule has 0 radical (unpaired) electrons. The molecule has 0 bridgehead atoms. The van der Waals surface area contributed by atoms with E-state index in [0.717, 1.165) is 6.42 Å². The van der Waals surface area contributed by atoms with Gasteiger partial charge >= 0.3 is 5.97 Å². The van der Waals surface area contributed by atoms with Gasteiger partial charge in [0.05, 0.1) is 0 Å². The molecule has 0 aromatic heterocycles. The smallest absolute Gasteiger partial charge is 0.311 e. The topological polar surface area (TPSA) is 43.4 Å². The number of carbonyl (C=O) groups excluding carboxylic acids is 2. The number of Topliss-reactive ketones (excluding diaryl/α,β-unsaturated/α-hetero) is 1. The molecular weight excluding hydrogens is 192 g/mol. The van der Waals surface area contributed by atoms with Crippen LogP contribution in [0.2, 0.25) is 0 Å². The van der Waals surface area contributed by atoms with Crippen molar-refractivity contribution in [2.24, 2.45) is 0 Å². The van der Waals surface area contributed by atoms with Gasteiger partial charge in [-0.05, 0) is 37.6 Å². The molecule has 0 spiro atoms. The van der Waals surface area contributed by atoms with Crippen molar-refractivity contribution in [2.75, 3.05) is 0 Å². The van der Waals surface area contributed by atoms with Crippen LogP contribution in [0.5, 0.6) is 5.75 Å². The molecule has 15 heavy (non-hydrogen) atoms. The Morgan fingerprint density at radius 1 is 1.20 bits per heavy atom. The molecule has 1 aromatic rings. The quantitative estimate of drug-likeness (QED) is 0.432. The molecule has 3 heteroatoms. The minimum atomic E-state index is -0.243. The lowest BCUT2D eigenvalue weighted by atomic mass is 10.1. The van der Waals surface area contributed by atoms with Gasteiger partial charge in [0.1, 0.15) is 5.75 Å². The molecule has 0 fully saturated rings. The summed E-state index contributed by atoms with van der Waals surface area (Å²) >= 11 is 0. The molecule has 0 N–H and O–H groups in total. The average molecular weight is 206 g/mol. The maximum atomic E-state index is 11.1. The Labute approximate surface area is 89.1 Å². The summed E-state index contributed by atoms with van der Waals surface area (Å²) in [6.07, 6.45) is 1.18. The molecule has 0 saturated heterocycles. The Morgan fingerprint density at radius 2 is 1.80 bits per heavy atom. The van der Waals surface area contributed by atoms with Crippen LogP contribution in [-0.4, -0.2) is 11.8 Å². The second-order valence-corrected chi connectivity index (χ2v) is 3.30. The number of esters is 1. The van der Waals surface area contributed by atoms with Crippen molar-refractivity contribution >= 4 is 11.8 Å². The molecular formula is C12H14O3. The molecule has 0 heterocycles. The first-order chi connectivity index (χ1) is 7.13. The largest absolute Gasteiger partial charge is 0.427 e. The third-order valence-corrected chi connectivity index (χ3v) is 1.95. The lowest BCUT2D eigenvalue weighted by Crippen LogP contribution is -2.06. The van der Waals surface area contributed by atoms with Crippen molar-refractivity contribution in [3.8, 4) is 5.75 Å². The summed E-state index contributed by atoms with van der Waals surface area (Å²) in [6.45, 7) is 3.41. The first kappa shape index (κ1) is 11.4. The third-order valence-electron chi connectivity index (χ3n) is 1.95. The highest BCUT2D eigenvalue weighted by Gasteiger charge is 2.04. The van der Waals surface area contributed by atoms with E-state index in [1.807, 2.05) is 6.92 Å². The molecule has 1 aromatic carbocycles. The van der Waals surface area contributed by atoms with Gasteiger partial charge in [0, 0.05) is 12.0 Å². The first-order valence-corrected chi connectivity index (χ1v) is 4.95. The summed E-state index contributed by atoms with van der Waals surface area (Å²) < 4.78 is 5.04. The molecule has 0 unspecified atom stereocenters. The van der Waals surface area contributed by atoms with Crippen LogP contribution >= 0.6 is 0 Å². The van der Waals surface area contributed by atoms with E-state index >= 15 is 0 Å². The van der Waals surface area contributed by atoms with Crippen molar-refractivity contribution in [2.45, 2.75) is 26.7 Å². The minimum absolute atomic E-state index is 0.00133. The van der Waals surface area contributed by atoms with E-state index in [-0.39, 0.29) is 11.8 Å². The van der Waals surface area contributed by atoms with Crippen molar-refractivity contribution < 1.29 is 14.3 Å². The number of hydrogen-bond donors (Lipinski definition) is 0. The SMILES string of the molecule is CCCC(=O)Oc1ccc(C(C)=O)cc1. The Morgan fingerprint density at radius 3 is 2.27 bits per heavy atom. The predicted molar refractivity (Wildman–Crippen MR) is 57.0 cm³/mol. The fourth-order valence-electron chi connectivity index (χ4n) is 1.14. The number of rotatable bonds is 4. The number of benzene rings is 1. The first-order valence-electron chi connectivity index (χ1n) is 4.95. The van der Waals surface area contributed by atoms with Crippen molar-refractivity contribution in [3.63, 3.8) is 0 Å². The van der Waals surface area contributed by atoms with Crippen LogP contribution in [0.1, 0.15) is 37.0 Å². The fraction of sp³-hybridized carbons (Fsp3) is 0.333. The van der Waals surface area contributed by atoms with E-state index in [1.54, 1.807) is 24.3 Å². The lowest BCUT2D eigenvalue weighted by molar-refractivity contribution is -0.134. The van der Waals surface area contributed by atoms with E-state index in [4.69, 9.17) is 4.74 Å². The zero-order chi connectivity index (χ0) is 11.3. The van der Waals surface area contributed by atoms with Gasteiger partial charge in [-0.3, -0.25) is 9.59 Å². The molecule has 0 atom stereocenters. The van der Waals surface area contributed by atoms with Gasteiger partial charge in [0.2, 0.25) is 0 Å². The second-order valence-electron chi connectivity index (χ2n) is 3.30. The van der Waals surface area contributed by atoms with Crippen LogP contribution < -0.4 is 4.74 Å². The summed E-state index contributed by atoms with van der Waals surface area (Å²) in [5.74, 6) is 0.243. The van der Waals surface area contributed by atoms with Crippen LogP contribution in [0.25, 0.3) is 0 Å². The van der Waals surface area contributed by atoms with Gasteiger partial charge < -0.3 is 4.74 Å². The molecule has 0 aliphatic rings. The average Bonchev–Trinajstić information content (AvgIpc) is 2.18. The van der Waals surface area contributed by atoms with Gasteiger partial charge in [-0.25, -0.2) is 0 Å². The second kappa shape index (κ2) is 5.29. The Hall–Kier alpha value is -1.64. The maximum absolute atomic E-state index is 11.1. The number of carbonyl (C=O) groups is 2. The predicted octanol–water partition coefficient (Wildman–Crippen LogP) is 2.59. The highest BCUT2D eigenvalue weighted by atomic mass is 16.5. The summed E-state index contributed by atoms with van der Waals surface area (Å²) in [4.78, 5) is 22.1. The summed E-state index contributed by atoms with van der Waals surface area (Å²) in [5.41, 5.74) is 0.616. The van der Waals surface area contributed by atoms with E-state index in [0.29, 0.717) is 17.7 Å². The van der Waals surface area contributed by atoms with Crippen molar-refractivity contribution in [1.82, 2.24) is 0 Å². The Kier molecular flexibility index (Phi) is 4.03. The highest BCUT2D eigenvalue weighted by molar-refractivity contribution is 5.94. The van der Waals surface area contributed by atoms with Crippen LogP contribution in [0.4, 0.5) is 0 Å². The van der Waals surface area contributed by atoms with Crippen molar-refractivity contribution in [3.05, 3.63) is 29.8 Å². The lowest BCUT2D eigenvalue weighted by Gasteiger charge is -2.03. The molecule has 3 nitrogen and oxygen atoms in total. The minimum Gasteiger partial charge on any atom is -0.427 e. The number of hydrogen-bond acceptors (Lipinski definition) is 3. The van der Waals surface area contributed by atoms with Crippen molar-refractivity contribution in [1.29, 1.82) is 0 Å². The molecule has 0 amide bonds. The Balaban J connectivity index is 2.64. The van der Waals surface area contributed by atoms with Crippen LogP contribution in [0.15, 0.2) is 24.3 Å². The molecule has 1 rings (SSSR count). The van der Waals surface area contributed by atoms with Gasteiger partial charge in [-0.2, -0.15) is 0 Å². The van der Waals surface area contributed by atoms with Crippen LogP contribution in [0.3, 0.4) is 0 Å². The molecule has 0 aliphatic heterocycles. The monoisotopic (exact) mass is 206 g/mol. The van der Waals surface area contributed by atoms with Gasteiger partial charge in [0.25, 0.3) is 0 Å². The molecule has 0 aliphatic carbocycles. The zero-order valence-electron chi connectivity index (χ0n) is 8.95. The number of ketones is 1. The van der Waals surface area contributed by atoms with E-state index in [2.05, 4.69) is 0 Å². The summed E-state index contributed by atoms with van der Waals surface area (Å²) in [7, 11) is 0. The number of ether oxygens (including phenoxy) is 1. The van der Waals surface area contributed by atoms with E-state index < -0.39 is 0 Å². The summed E-state index contributed by atoms with van der Waals surface area (Å²) in [5, 5.41) is 0. The van der Waals surface area contributed by atoms with E-state index in [1.165, 1.54) is 6.92 Å². The summed E-state index contributed by atoms with van der Waals surface area (Å²) in [6, 6.07) is 6.56. The van der Waals surface area contributed by atoms with Gasteiger partial charge in [0.15, 0.2) is 5.78 Å². The highest BCUT2D eigenvalue weighted by Crippen LogP contribution is 2.13. The molecule has 0 saturated carbocycles.